The first-order valence-electron chi connectivity index (χ1n) is 6.37. The fourth-order valence-electron chi connectivity index (χ4n) is 1.93. The molecule has 0 radical (unpaired) electrons. The normalized spacial score (nSPS) is 12.5. The van der Waals surface area contributed by atoms with Crippen LogP contribution in [0.5, 0.6) is 0 Å². The minimum Gasteiger partial charge on any atom is -0.351 e. The van der Waals surface area contributed by atoms with Crippen molar-refractivity contribution in [2.24, 2.45) is 5.92 Å². The van der Waals surface area contributed by atoms with Crippen molar-refractivity contribution in [1.82, 2.24) is 5.32 Å². The van der Waals surface area contributed by atoms with Gasteiger partial charge >= 0.3 is 0 Å². The molecule has 0 fully saturated rings. The lowest BCUT2D eigenvalue weighted by molar-refractivity contribution is 0.0948. The highest BCUT2D eigenvalue weighted by molar-refractivity contribution is 9.10. The van der Waals surface area contributed by atoms with E-state index in [4.69, 9.17) is 0 Å². The number of amides is 1. The molecule has 2 nitrogen and oxygen atoms in total. The maximum atomic E-state index is 13.7. The van der Waals surface area contributed by atoms with Gasteiger partial charge < -0.3 is 5.32 Å². The van der Waals surface area contributed by atoms with Crippen LogP contribution in [-0.2, 0) is 0 Å². The summed E-state index contributed by atoms with van der Waals surface area (Å²) in [7, 11) is 0. The Bertz CT molecular complexity index is 435. The van der Waals surface area contributed by atoms with E-state index in [1.165, 1.54) is 6.07 Å². The van der Waals surface area contributed by atoms with E-state index in [2.05, 4.69) is 51.0 Å². The second-order valence-electron chi connectivity index (χ2n) is 4.40. The maximum absolute atomic E-state index is 13.7. The number of nitrogens with one attached hydrogen (secondary N) is 1. The molecular weight excluding hydrogens is 377 g/mol. The van der Waals surface area contributed by atoms with Crippen molar-refractivity contribution in [3.05, 3.63) is 34.1 Å². The highest BCUT2D eigenvalue weighted by atomic mass is 79.9. The molecule has 1 unspecified atom stereocenters. The Morgan fingerprint density at radius 3 is 2.58 bits per heavy atom. The number of halogens is 3. The second-order valence-corrected chi connectivity index (χ2v) is 6.43. The van der Waals surface area contributed by atoms with Gasteiger partial charge in [0.05, 0.1) is 10.0 Å². The minimum absolute atomic E-state index is 0.0682. The molecule has 0 aliphatic heterocycles. The first-order valence-corrected chi connectivity index (χ1v) is 8.08. The van der Waals surface area contributed by atoms with E-state index in [1.807, 2.05) is 0 Å². The summed E-state index contributed by atoms with van der Waals surface area (Å²) >= 11 is 6.66. The van der Waals surface area contributed by atoms with Crippen molar-refractivity contribution in [2.75, 3.05) is 6.54 Å². The number of carbonyl (C=O) groups is 1. The first kappa shape index (κ1) is 16.6. The van der Waals surface area contributed by atoms with Crippen molar-refractivity contribution in [3.8, 4) is 0 Å². The van der Waals surface area contributed by atoms with Crippen LogP contribution in [-0.4, -0.2) is 17.3 Å². The summed E-state index contributed by atoms with van der Waals surface area (Å²) in [5.41, 5.74) is 0.0682. The first-order chi connectivity index (χ1) is 9.01. The van der Waals surface area contributed by atoms with Gasteiger partial charge in [-0.1, -0.05) is 48.7 Å². The summed E-state index contributed by atoms with van der Waals surface area (Å²) in [6.07, 6.45) is 2.10. The van der Waals surface area contributed by atoms with Crippen LogP contribution in [0, 0.1) is 11.7 Å². The molecule has 1 N–H and O–H groups in total. The Kier molecular flexibility index (Phi) is 7.00. The highest BCUT2D eigenvalue weighted by Crippen LogP contribution is 2.21. The monoisotopic (exact) mass is 393 g/mol. The zero-order valence-electron chi connectivity index (χ0n) is 11.1. The SMILES string of the molecule is CCC(CC)C(Br)CNC(=O)c1cccc(Br)c1F. The molecule has 0 aromatic heterocycles. The van der Waals surface area contributed by atoms with Crippen LogP contribution in [0.2, 0.25) is 0 Å². The van der Waals surface area contributed by atoms with E-state index in [0.717, 1.165) is 12.8 Å². The third-order valence-corrected chi connectivity index (χ3v) is 4.90. The number of rotatable bonds is 6. The Hall–Kier alpha value is -0.420. The predicted molar refractivity (Wildman–Crippen MR) is 83.2 cm³/mol. The summed E-state index contributed by atoms with van der Waals surface area (Å²) in [5.74, 6) is -0.393. The van der Waals surface area contributed by atoms with Gasteiger partial charge in [-0.3, -0.25) is 4.79 Å². The third-order valence-electron chi connectivity index (χ3n) is 3.21. The lowest BCUT2D eigenvalue weighted by atomic mass is 9.99. The fraction of sp³-hybridized carbons (Fsp3) is 0.500. The van der Waals surface area contributed by atoms with E-state index in [-0.39, 0.29) is 16.3 Å². The number of carbonyl (C=O) groups excluding carboxylic acids is 1. The van der Waals surface area contributed by atoms with E-state index < -0.39 is 5.82 Å². The number of hydrogen-bond donors (Lipinski definition) is 1. The van der Waals surface area contributed by atoms with E-state index in [1.54, 1.807) is 12.1 Å². The molecule has 0 saturated carbocycles. The van der Waals surface area contributed by atoms with Gasteiger partial charge in [0.25, 0.3) is 5.91 Å². The molecule has 106 valence electrons. The molecule has 0 aliphatic carbocycles. The van der Waals surface area contributed by atoms with Crippen LogP contribution < -0.4 is 5.32 Å². The largest absolute Gasteiger partial charge is 0.351 e. The van der Waals surface area contributed by atoms with Gasteiger partial charge in [0, 0.05) is 11.4 Å². The molecular formula is C14H18Br2FNO. The van der Waals surface area contributed by atoms with E-state index in [0.29, 0.717) is 16.9 Å². The van der Waals surface area contributed by atoms with Crippen molar-refractivity contribution < 1.29 is 9.18 Å². The lowest BCUT2D eigenvalue weighted by Gasteiger charge is -2.20. The van der Waals surface area contributed by atoms with Crippen molar-refractivity contribution in [1.29, 1.82) is 0 Å². The van der Waals surface area contributed by atoms with Gasteiger partial charge in [0.1, 0.15) is 5.82 Å². The molecule has 1 aromatic rings. The fourth-order valence-corrected chi connectivity index (χ4v) is 3.21. The second kappa shape index (κ2) is 8.00. The Morgan fingerprint density at radius 1 is 1.37 bits per heavy atom. The molecule has 0 aliphatic rings. The summed E-state index contributed by atoms with van der Waals surface area (Å²) in [6.45, 7) is 4.74. The molecule has 1 aromatic carbocycles. The maximum Gasteiger partial charge on any atom is 0.254 e. The zero-order valence-corrected chi connectivity index (χ0v) is 14.2. The van der Waals surface area contributed by atoms with Crippen molar-refractivity contribution in [2.45, 2.75) is 31.5 Å². The summed E-state index contributed by atoms with van der Waals surface area (Å²) < 4.78 is 14.0. The van der Waals surface area contributed by atoms with Crippen LogP contribution >= 0.6 is 31.9 Å². The van der Waals surface area contributed by atoms with Crippen molar-refractivity contribution >= 4 is 37.8 Å². The van der Waals surface area contributed by atoms with Crippen molar-refractivity contribution in [3.63, 3.8) is 0 Å². The highest BCUT2D eigenvalue weighted by Gasteiger charge is 2.18. The molecule has 0 spiro atoms. The molecule has 1 rings (SSSR count). The number of benzene rings is 1. The van der Waals surface area contributed by atoms with Gasteiger partial charge in [-0.25, -0.2) is 4.39 Å². The van der Waals surface area contributed by atoms with E-state index >= 15 is 0 Å². The molecule has 1 amide bonds. The molecule has 19 heavy (non-hydrogen) atoms. The van der Waals surface area contributed by atoms with Crippen LogP contribution in [0.25, 0.3) is 0 Å². The number of hydrogen-bond acceptors (Lipinski definition) is 1. The van der Waals surface area contributed by atoms with Crippen LogP contribution in [0.15, 0.2) is 22.7 Å². The average Bonchev–Trinajstić information content (AvgIpc) is 2.40. The summed E-state index contributed by atoms with van der Waals surface area (Å²) in [4.78, 5) is 12.1. The third kappa shape index (κ3) is 4.56. The average molecular weight is 395 g/mol. The van der Waals surface area contributed by atoms with Gasteiger partial charge in [0.2, 0.25) is 0 Å². The van der Waals surface area contributed by atoms with Gasteiger partial charge in [-0.2, -0.15) is 0 Å². The smallest absolute Gasteiger partial charge is 0.254 e. The Labute approximate surface area is 130 Å². The van der Waals surface area contributed by atoms with Crippen LogP contribution in [0.4, 0.5) is 4.39 Å². The molecule has 0 bridgehead atoms. The molecule has 0 saturated heterocycles. The van der Waals surface area contributed by atoms with Gasteiger partial charge in [-0.15, -0.1) is 0 Å². The van der Waals surface area contributed by atoms with Crippen LogP contribution in [0.1, 0.15) is 37.0 Å². The molecule has 5 heteroatoms. The Balaban J connectivity index is 2.63. The predicted octanol–water partition coefficient (Wildman–Crippen LogP) is 4.52. The summed E-state index contributed by atoms with van der Waals surface area (Å²) in [6, 6.07) is 4.70. The van der Waals surface area contributed by atoms with E-state index in [9.17, 15) is 9.18 Å². The van der Waals surface area contributed by atoms with Gasteiger partial charge in [-0.05, 0) is 34.0 Å². The topological polar surface area (TPSA) is 29.1 Å². The number of alkyl halides is 1. The molecule has 0 heterocycles. The summed E-state index contributed by atoms with van der Waals surface area (Å²) in [5, 5.41) is 2.77. The molecule has 1 atom stereocenters. The standard InChI is InChI=1S/C14H18Br2FNO/c1-3-9(4-2)12(16)8-18-14(19)10-6-5-7-11(15)13(10)17/h5-7,9,12H,3-4,8H2,1-2H3,(H,18,19). The Morgan fingerprint density at radius 2 is 2.00 bits per heavy atom. The zero-order chi connectivity index (χ0) is 14.4. The lowest BCUT2D eigenvalue weighted by Crippen LogP contribution is -2.33. The van der Waals surface area contributed by atoms with Gasteiger partial charge in [0.15, 0.2) is 0 Å². The quantitative estimate of drug-likeness (QED) is 0.706. The minimum atomic E-state index is -0.520. The van der Waals surface area contributed by atoms with Crippen LogP contribution in [0.3, 0.4) is 0 Å².